The highest BCUT2D eigenvalue weighted by Crippen LogP contribution is 2.37. The Hall–Kier alpha value is -2.74. The molecule has 0 saturated heterocycles. The maximum atomic E-state index is 13.4. The van der Waals surface area contributed by atoms with E-state index in [9.17, 15) is 9.18 Å². The van der Waals surface area contributed by atoms with Crippen molar-refractivity contribution >= 4 is 23.4 Å². The van der Waals surface area contributed by atoms with Crippen LogP contribution in [-0.2, 0) is 11.3 Å². The highest BCUT2D eigenvalue weighted by molar-refractivity contribution is 8.00. The van der Waals surface area contributed by atoms with Crippen molar-refractivity contribution in [1.82, 2.24) is 20.2 Å². The van der Waals surface area contributed by atoms with E-state index in [2.05, 4.69) is 22.3 Å². The van der Waals surface area contributed by atoms with Crippen molar-refractivity contribution in [3.05, 3.63) is 54.3 Å². The second kappa shape index (κ2) is 7.48. The largest absolute Gasteiger partial charge is 0.310 e. The third kappa shape index (κ3) is 3.85. The fourth-order valence-corrected chi connectivity index (χ4v) is 4.12. The van der Waals surface area contributed by atoms with Gasteiger partial charge in [0.25, 0.3) is 5.91 Å². The van der Waals surface area contributed by atoms with E-state index >= 15 is 0 Å². The van der Waals surface area contributed by atoms with E-state index in [0.717, 1.165) is 17.0 Å². The molecule has 138 valence electrons. The summed E-state index contributed by atoms with van der Waals surface area (Å²) in [6.45, 7) is 2.80. The smallest absolute Gasteiger partial charge is 0.250 e. The van der Waals surface area contributed by atoms with Gasteiger partial charge in [0.15, 0.2) is 0 Å². The lowest BCUT2D eigenvalue weighted by Crippen LogP contribution is -2.35. The predicted octanol–water partition coefficient (Wildman–Crippen LogP) is 3.40. The molecule has 0 fully saturated rings. The molecule has 1 amide bonds. The number of carbonyl (C=O) groups excluding carboxylic acids is 1. The van der Waals surface area contributed by atoms with E-state index in [1.54, 1.807) is 28.8 Å². The average molecular weight is 383 g/mol. The van der Waals surface area contributed by atoms with Crippen LogP contribution in [0.15, 0.2) is 53.4 Å². The Morgan fingerprint density at radius 1 is 1.26 bits per heavy atom. The Morgan fingerprint density at radius 3 is 2.96 bits per heavy atom. The lowest BCUT2D eigenvalue weighted by molar-refractivity contribution is -0.119. The molecule has 6 nitrogen and oxygen atoms in total. The monoisotopic (exact) mass is 383 g/mol. The van der Waals surface area contributed by atoms with Gasteiger partial charge in [0.1, 0.15) is 12.4 Å². The van der Waals surface area contributed by atoms with E-state index in [1.807, 2.05) is 24.3 Å². The van der Waals surface area contributed by atoms with Crippen molar-refractivity contribution in [2.24, 2.45) is 0 Å². The van der Waals surface area contributed by atoms with Crippen molar-refractivity contribution in [2.45, 2.75) is 30.0 Å². The Kier molecular flexibility index (Phi) is 4.89. The van der Waals surface area contributed by atoms with Crippen LogP contribution in [0, 0.1) is 5.82 Å². The number of carbonyl (C=O) groups is 1. The summed E-state index contributed by atoms with van der Waals surface area (Å²) in [7, 11) is 0. The summed E-state index contributed by atoms with van der Waals surface area (Å²) < 4.78 is 13.4. The number of amides is 1. The Morgan fingerprint density at radius 2 is 2.11 bits per heavy atom. The summed E-state index contributed by atoms with van der Waals surface area (Å²) in [6.07, 6.45) is 0.907. The Bertz CT molecular complexity index is 976. The molecule has 0 saturated carbocycles. The van der Waals surface area contributed by atoms with Crippen LogP contribution in [-0.4, -0.2) is 37.9 Å². The van der Waals surface area contributed by atoms with Gasteiger partial charge < -0.3 is 4.90 Å². The number of hydrogen-bond acceptors (Lipinski definition) is 5. The predicted molar refractivity (Wildman–Crippen MR) is 102 cm³/mol. The first-order valence-corrected chi connectivity index (χ1v) is 9.58. The maximum absolute atomic E-state index is 13.4. The number of anilines is 1. The fraction of sp³-hybridized carbons (Fsp3) is 0.263. The molecule has 0 bridgehead atoms. The number of halogens is 1. The van der Waals surface area contributed by atoms with Crippen molar-refractivity contribution < 1.29 is 9.18 Å². The van der Waals surface area contributed by atoms with Crippen molar-refractivity contribution in [1.29, 1.82) is 0 Å². The molecule has 1 unspecified atom stereocenters. The Balaban J connectivity index is 1.55. The van der Waals surface area contributed by atoms with Crippen LogP contribution in [0.4, 0.5) is 10.1 Å². The number of thioether (sulfide) groups is 1. The van der Waals surface area contributed by atoms with E-state index in [4.69, 9.17) is 0 Å². The number of nitrogens with zero attached hydrogens (tertiary/aromatic N) is 5. The fourth-order valence-electron chi connectivity index (χ4n) is 3.01. The third-order valence-corrected chi connectivity index (χ3v) is 5.59. The van der Waals surface area contributed by atoms with Crippen LogP contribution in [0.3, 0.4) is 0 Å². The summed E-state index contributed by atoms with van der Waals surface area (Å²) in [5.74, 6) is -0.171. The second-order valence-corrected chi connectivity index (χ2v) is 7.86. The molecule has 1 aliphatic heterocycles. The molecule has 0 radical (unpaired) electrons. The molecular formula is C19H18FN5OS. The van der Waals surface area contributed by atoms with Crippen LogP contribution >= 0.6 is 11.8 Å². The van der Waals surface area contributed by atoms with Crippen LogP contribution in [0.1, 0.15) is 13.3 Å². The van der Waals surface area contributed by atoms with Gasteiger partial charge in [0.05, 0.1) is 5.69 Å². The molecular weight excluding hydrogens is 365 g/mol. The zero-order valence-electron chi connectivity index (χ0n) is 14.7. The van der Waals surface area contributed by atoms with Crippen molar-refractivity contribution in [3.63, 3.8) is 0 Å². The second-order valence-electron chi connectivity index (χ2n) is 6.38. The lowest BCUT2D eigenvalue weighted by Gasteiger charge is -2.22. The molecule has 27 heavy (non-hydrogen) atoms. The van der Waals surface area contributed by atoms with Gasteiger partial charge in [-0.3, -0.25) is 4.79 Å². The molecule has 2 aromatic carbocycles. The van der Waals surface area contributed by atoms with E-state index in [1.165, 1.54) is 16.9 Å². The van der Waals surface area contributed by atoms with Gasteiger partial charge in [0.2, 0.25) is 5.82 Å². The number of fused-ring (bicyclic) bond motifs is 1. The minimum atomic E-state index is -0.368. The van der Waals surface area contributed by atoms with E-state index < -0.39 is 0 Å². The third-order valence-electron chi connectivity index (χ3n) is 4.36. The van der Waals surface area contributed by atoms with Gasteiger partial charge in [-0.15, -0.1) is 22.0 Å². The Labute approximate surface area is 160 Å². The number of rotatable bonds is 3. The number of aromatic nitrogens is 4. The molecule has 0 spiro atoms. The van der Waals surface area contributed by atoms with E-state index in [-0.39, 0.29) is 18.3 Å². The molecule has 1 aliphatic rings. The highest BCUT2D eigenvalue weighted by Gasteiger charge is 2.24. The van der Waals surface area contributed by atoms with Crippen molar-refractivity contribution in [2.75, 3.05) is 11.4 Å². The van der Waals surface area contributed by atoms with Crippen LogP contribution < -0.4 is 4.90 Å². The van der Waals surface area contributed by atoms with Gasteiger partial charge in [-0.1, -0.05) is 31.2 Å². The molecule has 0 N–H and O–H groups in total. The van der Waals surface area contributed by atoms with Gasteiger partial charge >= 0.3 is 0 Å². The summed E-state index contributed by atoms with van der Waals surface area (Å²) in [5, 5.41) is 12.6. The van der Waals surface area contributed by atoms with Crippen molar-refractivity contribution in [3.8, 4) is 11.4 Å². The molecule has 1 atom stereocenters. The standard InChI is InChI=1S/C19H18FN5OS/c1-13-9-10-24(16-7-2-3-8-17(16)27-13)18(26)12-25-22-19(21-23-25)14-5-4-6-15(20)11-14/h2-8,11,13H,9-10,12H2,1H3. The van der Waals surface area contributed by atoms with Gasteiger partial charge in [0, 0.05) is 22.3 Å². The number of benzene rings is 2. The SMILES string of the molecule is CC1CCN(C(=O)Cn2nnc(-c3cccc(F)c3)n2)c2ccccc2S1. The van der Waals surface area contributed by atoms with Crippen LogP contribution in [0.2, 0.25) is 0 Å². The first-order chi connectivity index (χ1) is 13.1. The highest BCUT2D eigenvalue weighted by atomic mass is 32.2. The summed E-state index contributed by atoms with van der Waals surface area (Å²) in [5.41, 5.74) is 1.45. The lowest BCUT2D eigenvalue weighted by atomic mass is 10.2. The molecule has 3 aromatic rings. The summed E-state index contributed by atoms with van der Waals surface area (Å²) >= 11 is 1.78. The first-order valence-electron chi connectivity index (χ1n) is 8.70. The topological polar surface area (TPSA) is 63.9 Å². The molecule has 0 aliphatic carbocycles. The quantitative estimate of drug-likeness (QED) is 0.694. The van der Waals surface area contributed by atoms with Crippen LogP contribution in [0.5, 0.6) is 0 Å². The van der Waals surface area contributed by atoms with Crippen LogP contribution in [0.25, 0.3) is 11.4 Å². The summed E-state index contributed by atoms with van der Waals surface area (Å²) in [4.78, 5) is 17.1. The molecule has 1 aromatic heterocycles. The minimum Gasteiger partial charge on any atom is -0.310 e. The summed E-state index contributed by atoms with van der Waals surface area (Å²) in [6, 6.07) is 13.9. The minimum absolute atomic E-state index is 0.0182. The average Bonchev–Trinajstić information content (AvgIpc) is 3.04. The molecule has 8 heteroatoms. The molecule has 2 heterocycles. The maximum Gasteiger partial charge on any atom is 0.250 e. The van der Waals surface area contributed by atoms with Gasteiger partial charge in [-0.25, -0.2) is 4.39 Å². The number of hydrogen-bond donors (Lipinski definition) is 0. The number of tetrazole rings is 1. The van der Waals surface area contributed by atoms with Gasteiger partial charge in [-0.05, 0) is 35.9 Å². The van der Waals surface area contributed by atoms with E-state index in [0.29, 0.717) is 23.2 Å². The first kappa shape index (κ1) is 17.7. The zero-order valence-corrected chi connectivity index (χ0v) is 15.6. The zero-order chi connectivity index (χ0) is 18.8. The molecule has 4 rings (SSSR count). The van der Waals surface area contributed by atoms with Gasteiger partial charge in [-0.2, -0.15) is 4.80 Å². The number of para-hydroxylation sites is 1. The normalized spacial score (nSPS) is 16.7.